The van der Waals surface area contributed by atoms with Crippen LogP contribution in [0.5, 0.6) is 0 Å². The van der Waals surface area contributed by atoms with Gasteiger partial charge in [-0.15, -0.1) is 0 Å². The number of halogens is 6. The van der Waals surface area contributed by atoms with Crippen LogP contribution in [0.1, 0.15) is 23.6 Å². The van der Waals surface area contributed by atoms with E-state index < -0.39 is 35.4 Å². The van der Waals surface area contributed by atoms with Crippen molar-refractivity contribution in [3.8, 4) is 0 Å². The Bertz CT molecular complexity index is 486. The van der Waals surface area contributed by atoms with Crippen molar-refractivity contribution >= 4 is 5.97 Å². The molecule has 0 N–H and O–H groups in total. The zero-order valence-corrected chi connectivity index (χ0v) is 11.1. The first-order valence-corrected chi connectivity index (χ1v) is 5.81. The van der Waals surface area contributed by atoms with Gasteiger partial charge in [0.1, 0.15) is 0 Å². The van der Waals surface area contributed by atoms with Gasteiger partial charge in [-0.3, -0.25) is 4.79 Å². The van der Waals surface area contributed by atoms with Gasteiger partial charge in [0.2, 0.25) is 0 Å². The van der Waals surface area contributed by atoms with Crippen molar-refractivity contribution in [2.24, 2.45) is 5.92 Å². The number of alkyl halides is 6. The van der Waals surface area contributed by atoms with E-state index in [2.05, 4.69) is 4.74 Å². The minimum Gasteiger partial charge on any atom is -0.469 e. The first kappa shape index (κ1) is 17.3. The van der Waals surface area contributed by atoms with Crippen molar-refractivity contribution in [2.75, 3.05) is 7.11 Å². The van der Waals surface area contributed by atoms with Crippen molar-refractivity contribution in [3.63, 3.8) is 0 Å². The molecule has 0 spiro atoms. The minimum atomic E-state index is -4.90. The number of carbonyl (C=O) groups is 1. The average Bonchev–Trinajstić information content (AvgIpc) is 2.35. The summed E-state index contributed by atoms with van der Waals surface area (Å²) in [4.78, 5) is 11.2. The molecule has 1 aromatic carbocycles. The number of ether oxygens (including phenoxy) is 1. The molecule has 1 rings (SSSR count). The van der Waals surface area contributed by atoms with Crippen LogP contribution in [0.3, 0.4) is 0 Å². The molecule has 0 aromatic heterocycles. The predicted octanol–water partition coefficient (Wildman–Crippen LogP) is 4.08. The first-order valence-electron chi connectivity index (χ1n) is 5.81. The van der Waals surface area contributed by atoms with Gasteiger partial charge in [-0.2, -0.15) is 26.3 Å². The molecule has 0 radical (unpaired) electrons. The molecule has 1 unspecified atom stereocenters. The van der Waals surface area contributed by atoms with Gasteiger partial charge in [0, 0.05) is 0 Å². The van der Waals surface area contributed by atoms with Crippen LogP contribution < -0.4 is 0 Å². The largest absolute Gasteiger partial charge is 0.469 e. The second-order valence-corrected chi connectivity index (χ2v) is 4.54. The molecule has 0 amide bonds. The molecule has 0 bridgehead atoms. The molecule has 1 aromatic rings. The van der Waals surface area contributed by atoms with Crippen molar-refractivity contribution < 1.29 is 35.9 Å². The fourth-order valence-corrected chi connectivity index (χ4v) is 1.78. The molecule has 0 fully saturated rings. The topological polar surface area (TPSA) is 26.3 Å². The summed E-state index contributed by atoms with van der Waals surface area (Å²) in [6.07, 6.45) is -10.1. The van der Waals surface area contributed by atoms with E-state index in [4.69, 9.17) is 0 Å². The van der Waals surface area contributed by atoms with Crippen LogP contribution >= 0.6 is 0 Å². The highest BCUT2D eigenvalue weighted by atomic mass is 19.4. The molecular weight excluding hydrogens is 302 g/mol. The summed E-state index contributed by atoms with van der Waals surface area (Å²) in [5.74, 6) is -1.56. The van der Waals surface area contributed by atoms with Gasteiger partial charge in [0.15, 0.2) is 0 Å². The van der Waals surface area contributed by atoms with E-state index in [0.717, 1.165) is 7.11 Å². The fraction of sp³-hybridized carbons (Fsp3) is 0.462. The van der Waals surface area contributed by atoms with Crippen molar-refractivity contribution in [1.29, 1.82) is 0 Å². The zero-order chi connectivity index (χ0) is 16.4. The van der Waals surface area contributed by atoms with E-state index in [1.54, 1.807) is 0 Å². The van der Waals surface area contributed by atoms with E-state index in [1.807, 2.05) is 0 Å². The molecule has 0 aliphatic heterocycles. The third kappa shape index (κ3) is 4.64. The third-order valence-corrected chi connectivity index (χ3v) is 2.79. The number of rotatable bonds is 3. The summed E-state index contributed by atoms with van der Waals surface area (Å²) in [6.45, 7) is 1.36. The van der Waals surface area contributed by atoms with Crippen LogP contribution in [0, 0.1) is 5.92 Å². The average molecular weight is 314 g/mol. The summed E-state index contributed by atoms with van der Waals surface area (Å²) in [5, 5.41) is 0. The number of hydrogen-bond acceptors (Lipinski definition) is 2. The maximum atomic E-state index is 12.6. The lowest BCUT2D eigenvalue weighted by molar-refractivity contribution is -0.144. The van der Waals surface area contributed by atoms with Crippen molar-refractivity contribution in [3.05, 3.63) is 34.9 Å². The van der Waals surface area contributed by atoms with Crippen LogP contribution in [0.25, 0.3) is 0 Å². The van der Waals surface area contributed by atoms with Gasteiger partial charge in [-0.1, -0.05) is 6.92 Å². The van der Waals surface area contributed by atoms with Crippen LogP contribution in [0.2, 0.25) is 0 Å². The highest BCUT2D eigenvalue weighted by Crippen LogP contribution is 2.36. The molecule has 118 valence electrons. The normalized spacial score (nSPS) is 13.9. The van der Waals surface area contributed by atoms with Crippen LogP contribution in [-0.2, 0) is 28.3 Å². The molecule has 0 heterocycles. The summed E-state index contributed by atoms with van der Waals surface area (Å²) in [6, 6.07) is 1.26. The lowest BCUT2D eigenvalue weighted by atomic mass is 9.97. The summed E-state index contributed by atoms with van der Waals surface area (Å²) in [5.41, 5.74) is -3.02. The molecule has 0 aliphatic rings. The van der Waals surface area contributed by atoms with E-state index in [-0.39, 0.29) is 18.1 Å². The van der Waals surface area contributed by atoms with Crippen molar-refractivity contribution in [2.45, 2.75) is 25.7 Å². The molecule has 2 nitrogen and oxygen atoms in total. The minimum absolute atomic E-state index is 0.0479. The number of carbonyl (C=O) groups excluding carboxylic acids is 1. The van der Waals surface area contributed by atoms with Gasteiger partial charge < -0.3 is 4.74 Å². The predicted molar refractivity (Wildman–Crippen MR) is 61.3 cm³/mol. The lowest BCUT2D eigenvalue weighted by Gasteiger charge is -2.15. The summed E-state index contributed by atoms with van der Waals surface area (Å²) in [7, 11) is 1.09. The molecule has 0 aliphatic carbocycles. The van der Waals surface area contributed by atoms with Crippen LogP contribution in [0.4, 0.5) is 26.3 Å². The maximum Gasteiger partial charge on any atom is 0.416 e. The first-order chi connectivity index (χ1) is 9.45. The van der Waals surface area contributed by atoms with Gasteiger partial charge in [-0.25, -0.2) is 0 Å². The Morgan fingerprint density at radius 3 is 1.81 bits per heavy atom. The van der Waals surface area contributed by atoms with Gasteiger partial charge >= 0.3 is 18.3 Å². The highest BCUT2D eigenvalue weighted by Gasteiger charge is 2.37. The standard InChI is InChI=1S/C13H12F6O2/c1-7(11(20)21-2)3-8-4-9(12(14,15)16)6-10(5-8)13(17,18)19/h4-7H,3H2,1-2H3. The third-order valence-electron chi connectivity index (χ3n) is 2.79. The number of esters is 1. The Morgan fingerprint density at radius 2 is 1.48 bits per heavy atom. The summed E-state index contributed by atoms with van der Waals surface area (Å²) < 4.78 is 80.2. The lowest BCUT2D eigenvalue weighted by Crippen LogP contribution is -2.17. The molecule has 8 heteroatoms. The monoisotopic (exact) mass is 314 g/mol. The quantitative estimate of drug-likeness (QED) is 0.621. The smallest absolute Gasteiger partial charge is 0.416 e. The second-order valence-electron chi connectivity index (χ2n) is 4.54. The van der Waals surface area contributed by atoms with Crippen molar-refractivity contribution in [1.82, 2.24) is 0 Å². The molecule has 0 saturated carbocycles. The van der Waals surface area contributed by atoms with E-state index in [0.29, 0.717) is 12.1 Å². The Labute approximate surface area is 116 Å². The molecule has 1 atom stereocenters. The number of benzene rings is 1. The Kier molecular flexibility index (Phi) is 4.91. The Balaban J connectivity index is 3.23. The molecule has 21 heavy (non-hydrogen) atoms. The van der Waals surface area contributed by atoms with Crippen LogP contribution in [-0.4, -0.2) is 13.1 Å². The fourth-order valence-electron chi connectivity index (χ4n) is 1.78. The molecular formula is C13H12F6O2. The summed E-state index contributed by atoms with van der Waals surface area (Å²) >= 11 is 0. The second kappa shape index (κ2) is 5.95. The number of hydrogen-bond donors (Lipinski definition) is 0. The zero-order valence-electron chi connectivity index (χ0n) is 11.1. The van der Waals surface area contributed by atoms with Crippen LogP contribution in [0.15, 0.2) is 18.2 Å². The number of methoxy groups -OCH3 is 1. The Hall–Kier alpha value is -1.73. The highest BCUT2D eigenvalue weighted by molar-refractivity contribution is 5.72. The Morgan fingerprint density at radius 1 is 1.05 bits per heavy atom. The molecule has 0 saturated heterocycles. The van der Waals surface area contributed by atoms with Gasteiger partial charge in [0.05, 0.1) is 24.2 Å². The van der Waals surface area contributed by atoms with Gasteiger partial charge in [0.25, 0.3) is 0 Å². The van der Waals surface area contributed by atoms with E-state index in [1.165, 1.54) is 6.92 Å². The van der Waals surface area contributed by atoms with E-state index >= 15 is 0 Å². The van der Waals surface area contributed by atoms with E-state index in [9.17, 15) is 31.1 Å². The van der Waals surface area contributed by atoms with Gasteiger partial charge in [-0.05, 0) is 30.2 Å². The SMILES string of the molecule is COC(=O)C(C)Cc1cc(C(F)(F)F)cc(C(F)(F)F)c1. The maximum absolute atomic E-state index is 12.6.